The number of fused-ring (bicyclic) bond motifs is 1. The number of hydrogen-bond donors (Lipinski definition) is 2. The lowest BCUT2D eigenvalue weighted by Crippen LogP contribution is -2.52. The van der Waals surface area contributed by atoms with E-state index in [9.17, 15) is 14.7 Å². The van der Waals surface area contributed by atoms with Crippen molar-refractivity contribution in [2.45, 2.75) is 18.4 Å². The van der Waals surface area contributed by atoms with Crippen molar-refractivity contribution in [2.75, 3.05) is 39.8 Å². The molecule has 1 aliphatic carbocycles. The predicted molar refractivity (Wildman–Crippen MR) is 85.7 cm³/mol. The number of carbonyl (C=O) groups is 2. The maximum absolute atomic E-state index is 12.3. The average Bonchev–Trinajstić information content (AvgIpc) is 2.84. The van der Waals surface area contributed by atoms with Crippen LogP contribution in [0.15, 0.2) is 24.3 Å². The first-order valence-electron chi connectivity index (χ1n) is 8.02. The Morgan fingerprint density at radius 3 is 3.00 bits per heavy atom. The van der Waals surface area contributed by atoms with Crippen LogP contribution in [0, 0.1) is 0 Å². The highest BCUT2D eigenvalue weighted by atomic mass is 16.3. The first kappa shape index (κ1) is 16.0. The quantitative estimate of drug-likeness (QED) is 0.800. The molecule has 1 fully saturated rings. The van der Waals surface area contributed by atoms with Crippen LogP contribution in [0.2, 0.25) is 0 Å². The molecule has 0 spiro atoms. The zero-order valence-electron chi connectivity index (χ0n) is 13.4. The molecule has 1 aromatic rings. The highest BCUT2D eigenvalue weighted by Crippen LogP contribution is 2.37. The Bertz CT molecular complexity index is 619. The zero-order valence-corrected chi connectivity index (χ0v) is 13.4. The summed E-state index contributed by atoms with van der Waals surface area (Å²) in [5.74, 6) is -0.187. The molecule has 1 atom stereocenters. The second-order valence-electron chi connectivity index (χ2n) is 6.53. The van der Waals surface area contributed by atoms with E-state index < -0.39 is 5.60 Å². The van der Waals surface area contributed by atoms with Crippen LogP contribution in [0.25, 0.3) is 0 Å². The van der Waals surface area contributed by atoms with E-state index in [-0.39, 0.29) is 24.9 Å². The molecule has 23 heavy (non-hydrogen) atoms. The molecule has 1 heterocycles. The van der Waals surface area contributed by atoms with E-state index in [1.165, 1.54) is 5.56 Å². The lowest BCUT2D eigenvalue weighted by molar-refractivity contribution is -0.139. The van der Waals surface area contributed by atoms with Gasteiger partial charge in [0.05, 0.1) is 13.1 Å². The lowest BCUT2D eigenvalue weighted by atomic mass is 9.95. The first-order valence-corrected chi connectivity index (χ1v) is 8.02. The highest BCUT2D eigenvalue weighted by molar-refractivity contribution is 5.86. The summed E-state index contributed by atoms with van der Waals surface area (Å²) in [5.41, 5.74) is 1.25. The summed E-state index contributed by atoms with van der Waals surface area (Å²) >= 11 is 0. The van der Waals surface area contributed by atoms with E-state index in [0.29, 0.717) is 26.1 Å². The van der Waals surface area contributed by atoms with Crippen LogP contribution in [-0.2, 0) is 21.6 Å². The van der Waals surface area contributed by atoms with E-state index in [2.05, 4.69) is 5.32 Å². The van der Waals surface area contributed by atoms with E-state index >= 15 is 0 Å². The van der Waals surface area contributed by atoms with Gasteiger partial charge in [-0.1, -0.05) is 24.3 Å². The average molecular weight is 317 g/mol. The van der Waals surface area contributed by atoms with Gasteiger partial charge in [-0.3, -0.25) is 14.5 Å². The number of carbonyl (C=O) groups excluding carboxylic acids is 2. The minimum absolute atomic E-state index is 0.0720. The van der Waals surface area contributed by atoms with Gasteiger partial charge < -0.3 is 15.3 Å². The molecule has 0 unspecified atom stereocenters. The standard InChI is InChI=1S/C17H23N3O3/c1-19(11-16(22)20-9-8-18-15(21)10-20)12-17(23)7-6-13-4-2-3-5-14(13)17/h2-5,23H,6-12H2,1H3,(H,18,21)/t17-/m1/s1. The van der Waals surface area contributed by atoms with Crippen LogP contribution in [-0.4, -0.2) is 66.5 Å². The van der Waals surface area contributed by atoms with Gasteiger partial charge in [0.2, 0.25) is 11.8 Å². The summed E-state index contributed by atoms with van der Waals surface area (Å²) in [7, 11) is 1.83. The van der Waals surface area contributed by atoms with Crippen LogP contribution in [0.1, 0.15) is 17.5 Å². The van der Waals surface area contributed by atoms with E-state index in [1.807, 2.05) is 36.2 Å². The number of nitrogens with one attached hydrogen (secondary N) is 1. The molecule has 1 aliphatic heterocycles. The number of amides is 2. The Morgan fingerprint density at radius 1 is 1.43 bits per heavy atom. The predicted octanol–water partition coefficient (Wildman–Crippen LogP) is -0.289. The van der Waals surface area contributed by atoms with Gasteiger partial charge >= 0.3 is 0 Å². The molecule has 1 aromatic carbocycles. The van der Waals surface area contributed by atoms with Gasteiger partial charge in [-0.05, 0) is 31.0 Å². The summed E-state index contributed by atoms with van der Waals surface area (Å²) < 4.78 is 0. The summed E-state index contributed by atoms with van der Waals surface area (Å²) in [5, 5.41) is 13.7. The Balaban J connectivity index is 1.60. The number of rotatable bonds is 4. The molecule has 124 valence electrons. The van der Waals surface area contributed by atoms with Gasteiger partial charge in [0.1, 0.15) is 5.60 Å². The molecule has 2 amide bonds. The van der Waals surface area contributed by atoms with Crippen LogP contribution in [0.5, 0.6) is 0 Å². The number of aliphatic hydroxyl groups is 1. The number of nitrogens with zero attached hydrogens (tertiary/aromatic N) is 2. The molecule has 0 saturated carbocycles. The normalized spacial score (nSPS) is 23.8. The van der Waals surface area contributed by atoms with Crippen molar-refractivity contribution in [1.29, 1.82) is 0 Å². The molecule has 3 rings (SSSR count). The van der Waals surface area contributed by atoms with Crippen molar-refractivity contribution in [1.82, 2.24) is 15.1 Å². The van der Waals surface area contributed by atoms with Gasteiger partial charge in [0, 0.05) is 19.6 Å². The van der Waals surface area contributed by atoms with Crippen LogP contribution >= 0.6 is 0 Å². The van der Waals surface area contributed by atoms with E-state index in [1.54, 1.807) is 4.90 Å². The summed E-state index contributed by atoms with van der Waals surface area (Å²) in [6, 6.07) is 7.93. The number of piperazine rings is 1. The molecule has 0 bridgehead atoms. The minimum atomic E-state index is -0.898. The molecular formula is C17H23N3O3. The van der Waals surface area contributed by atoms with Crippen LogP contribution in [0.3, 0.4) is 0 Å². The number of hydrogen-bond acceptors (Lipinski definition) is 4. The Hall–Kier alpha value is -1.92. The van der Waals surface area contributed by atoms with E-state index in [4.69, 9.17) is 0 Å². The third-order valence-electron chi connectivity index (χ3n) is 4.65. The fourth-order valence-electron chi connectivity index (χ4n) is 3.52. The van der Waals surface area contributed by atoms with Crippen LogP contribution < -0.4 is 5.32 Å². The molecule has 2 aliphatic rings. The first-order chi connectivity index (χ1) is 11.0. The topological polar surface area (TPSA) is 72.9 Å². The summed E-state index contributed by atoms with van der Waals surface area (Å²) in [6.45, 7) is 1.80. The van der Waals surface area contributed by atoms with Crippen molar-refractivity contribution in [2.24, 2.45) is 0 Å². The molecule has 0 aromatic heterocycles. The minimum Gasteiger partial charge on any atom is -0.384 e. The summed E-state index contributed by atoms with van der Waals surface area (Å²) in [6.07, 6.45) is 1.54. The highest BCUT2D eigenvalue weighted by Gasteiger charge is 2.37. The monoisotopic (exact) mass is 317 g/mol. The largest absolute Gasteiger partial charge is 0.384 e. The van der Waals surface area contributed by atoms with Crippen molar-refractivity contribution in [3.8, 4) is 0 Å². The zero-order chi connectivity index (χ0) is 16.4. The van der Waals surface area contributed by atoms with Crippen molar-refractivity contribution in [3.05, 3.63) is 35.4 Å². The third kappa shape index (κ3) is 3.38. The van der Waals surface area contributed by atoms with Gasteiger partial charge in [-0.15, -0.1) is 0 Å². The van der Waals surface area contributed by atoms with E-state index in [0.717, 1.165) is 12.0 Å². The van der Waals surface area contributed by atoms with Crippen LogP contribution in [0.4, 0.5) is 0 Å². The van der Waals surface area contributed by atoms with Gasteiger partial charge in [-0.2, -0.15) is 0 Å². The smallest absolute Gasteiger partial charge is 0.239 e. The maximum Gasteiger partial charge on any atom is 0.239 e. The Morgan fingerprint density at radius 2 is 2.22 bits per heavy atom. The summed E-state index contributed by atoms with van der Waals surface area (Å²) in [4.78, 5) is 27.1. The van der Waals surface area contributed by atoms with Crippen molar-refractivity contribution < 1.29 is 14.7 Å². The number of likely N-dealkylation sites (N-methyl/N-ethyl adjacent to an activating group) is 1. The SMILES string of the molecule is CN(CC(=O)N1CCNC(=O)C1)C[C@]1(O)CCc2ccccc21. The van der Waals surface area contributed by atoms with Crippen molar-refractivity contribution in [3.63, 3.8) is 0 Å². The van der Waals surface area contributed by atoms with Gasteiger partial charge in [0.25, 0.3) is 0 Å². The fraction of sp³-hybridized carbons (Fsp3) is 0.529. The lowest BCUT2D eigenvalue weighted by Gasteiger charge is -2.32. The van der Waals surface area contributed by atoms with Gasteiger partial charge in [-0.25, -0.2) is 0 Å². The Kier molecular flexibility index (Phi) is 4.37. The fourth-order valence-corrected chi connectivity index (χ4v) is 3.52. The third-order valence-corrected chi connectivity index (χ3v) is 4.65. The van der Waals surface area contributed by atoms with Gasteiger partial charge in [0.15, 0.2) is 0 Å². The molecule has 1 saturated heterocycles. The van der Waals surface area contributed by atoms with Crippen molar-refractivity contribution >= 4 is 11.8 Å². The molecule has 6 heteroatoms. The molecule has 0 radical (unpaired) electrons. The molecule has 2 N–H and O–H groups in total. The second-order valence-corrected chi connectivity index (χ2v) is 6.53. The number of benzene rings is 1. The second kappa shape index (κ2) is 6.29. The molecule has 6 nitrogen and oxygen atoms in total. The number of aryl methyl sites for hydroxylation is 1. The maximum atomic E-state index is 12.3. The molecular weight excluding hydrogens is 294 g/mol. The Labute approximate surface area is 136 Å².